The summed E-state index contributed by atoms with van der Waals surface area (Å²) >= 11 is 0. The third kappa shape index (κ3) is 4.91. The number of ether oxygens (including phenoxy) is 1. The van der Waals surface area contributed by atoms with E-state index in [0.717, 1.165) is 12.3 Å². The Morgan fingerprint density at radius 2 is 1.74 bits per heavy atom. The van der Waals surface area contributed by atoms with Crippen LogP contribution in [0.1, 0.15) is 22.0 Å². The summed E-state index contributed by atoms with van der Waals surface area (Å²) < 4.78 is 5.10. The van der Waals surface area contributed by atoms with E-state index in [1.54, 1.807) is 31.4 Å². The molecule has 4 nitrogen and oxygen atoms in total. The number of methoxy groups -OCH3 is 1. The molecule has 0 saturated carbocycles. The fourth-order valence-electron chi connectivity index (χ4n) is 2.48. The van der Waals surface area contributed by atoms with Gasteiger partial charge in [-0.25, -0.2) is 0 Å². The molecular formula is C19H24N2O2. The Balaban J connectivity index is 1.90. The molecule has 0 aliphatic carbocycles. The van der Waals surface area contributed by atoms with Crippen molar-refractivity contribution in [2.24, 2.45) is 0 Å². The first-order valence-corrected chi connectivity index (χ1v) is 7.71. The molecule has 4 heteroatoms. The third-order valence-electron chi connectivity index (χ3n) is 3.84. The SMILES string of the molecule is COc1ccc(C(=O)CNCC(c2ccccc2)N(C)C)cc1. The van der Waals surface area contributed by atoms with Crippen molar-refractivity contribution in [3.05, 3.63) is 65.7 Å². The van der Waals surface area contributed by atoms with Gasteiger partial charge in [0.1, 0.15) is 5.75 Å². The largest absolute Gasteiger partial charge is 0.497 e. The number of benzene rings is 2. The molecule has 2 aromatic carbocycles. The lowest BCUT2D eigenvalue weighted by atomic mass is 10.1. The minimum atomic E-state index is 0.0817. The van der Waals surface area contributed by atoms with Crippen molar-refractivity contribution in [2.45, 2.75) is 6.04 Å². The van der Waals surface area contributed by atoms with Gasteiger partial charge < -0.3 is 15.0 Å². The highest BCUT2D eigenvalue weighted by Gasteiger charge is 2.14. The molecule has 0 saturated heterocycles. The molecule has 122 valence electrons. The molecular weight excluding hydrogens is 288 g/mol. The van der Waals surface area contributed by atoms with E-state index in [0.29, 0.717) is 12.1 Å². The quantitative estimate of drug-likeness (QED) is 0.761. The van der Waals surface area contributed by atoms with Crippen molar-refractivity contribution >= 4 is 5.78 Å². The number of likely N-dealkylation sites (N-methyl/N-ethyl adjacent to an activating group) is 1. The summed E-state index contributed by atoms with van der Waals surface area (Å²) in [4.78, 5) is 14.4. The lowest BCUT2D eigenvalue weighted by molar-refractivity contribution is 0.0988. The van der Waals surface area contributed by atoms with Crippen LogP contribution in [0.3, 0.4) is 0 Å². The molecule has 0 aromatic heterocycles. The Bertz CT molecular complexity index is 609. The zero-order chi connectivity index (χ0) is 16.7. The fraction of sp³-hybridized carbons (Fsp3) is 0.316. The molecule has 1 atom stereocenters. The Morgan fingerprint density at radius 1 is 1.09 bits per heavy atom. The molecule has 0 radical (unpaired) electrons. The fourth-order valence-corrected chi connectivity index (χ4v) is 2.48. The van der Waals surface area contributed by atoms with Crippen LogP contribution in [-0.2, 0) is 0 Å². The van der Waals surface area contributed by atoms with Gasteiger partial charge >= 0.3 is 0 Å². The van der Waals surface area contributed by atoms with Crippen molar-refractivity contribution in [2.75, 3.05) is 34.3 Å². The molecule has 0 amide bonds. The zero-order valence-electron chi connectivity index (χ0n) is 14.0. The average molecular weight is 312 g/mol. The second-order valence-corrected chi connectivity index (χ2v) is 5.67. The topological polar surface area (TPSA) is 41.6 Å². The van der Waals surface area contributed by atoms with Gasteiger partial charge in [-0.1, -0.05) is 30.3 Å². The molecule has 0 bridgehead atoms. The number of hydrogen-bond acceptors (Lipinski definition) is 4. The highest BCUT2D eigenvalue weighted by atomic mass is 16.5. The molecule has 2 rings (SSSR count). The van der Waals surface area contributed by atoms with Crippen molar-refractivity contribution in [1.29, 1.82) is 0 Å². The maximum atomic E-state index is 12.2. The van der Waals surface area contributed by atoms with E-state index in [4.69, 9.17) is 4.74 Å². The number of hydrogen-bond donors (Lipinski definition) is 1. The van der Waals surface area contributed by atoms with Crippen LogP contribution in [0.25, 0.3) is 0 Å². The summed E-state index contributed by atoms with van der Waals surface area (Å²) in [6, 6.07) is 17.7. The van der Waals surface area contributed by atoms with Crippen molar-refractivity contribution in [3.8, 4) is 5.75 Å². The number of Topliss-reactive ketones (excluding diaryl/α,β-unsaturated/α-hetero) is 1. The monoisotopic (exact) mass is 312 g/mol. The number of nitrogens with zero attached hydrogens (tertiary/aromatic N) is 1. The van der Waals surface area contributed by atoms with E-state index >= 15 is 0 Å². The van der Waals surface area contributed by atoms with Gasteiger partial charge in [-0.05, 0) is 43.9 Å². The van der Waals surface area contributed by atoms with Crippen LogP contribution in [0, 0.1) is 0 Å². The molecule has 0 spiro atoms. The van der Waals surface area contributed by atoms with Gasteiger partial charge in [-0.3, -0.25) is 4.79 Å². The standard InChI is InChI=1S/C19H24N2O2/c1-21(2)18(15-7-5-4-6-8-15)13-20-14-19(22)16-9-11-17(23-3)12-10-16/h4-12,18,20H,13-14H2,1-3H3. The van der Waals surface area contributed by atoms with Gasteiger partial charge in [-0.2, -0.15) is 0 Å². The maximum absolute atomic E-state index is 12.2. The first kappa shape index (κ1) is 17.2. The molecule has 2 aromatic rings. The van der Waals surface area contributed by atoms with Crippen molar-refractivity contribution in [3.63, 3.8) is 0 Å². The first-order valence-electron chi connectivity index (χ1n) is 7.71. The minimum Gasteiger partial charge on any atom is -0.497 e. The van der Waals surface area contributed by atoms with Gasteiger partial charge in [0.2, 0.25) is 0 Å². The number of nitrogens with one attached hydrogen (secondary N) is 1. The summed E-state index contributed by atoms with van der Waals surface area (Å²) in [6.45, 7) is 1.04. The van der Waals surface area contributed by atoms with Gasteiger partial charge in [0.25, 0.3) is 0 Å². The number of carbonyl (C=O) groups is 1. The Kier molecular flexibility index (Phi) is 6.32. The predicted octanol–water partition coefficient (Wildman–Crippen LogP) is 2.77. The van der Waals surface area contributed by atoms with Gasteiger partial charge in [0.15, 0.2) is 5.78 Å². The lowest BCUT2D eigenvalue weighted by Crippen LogP contribution is -2.33. The van der Waals surface area contributed by atoms with Crippen LogP contribution >= 0.6 is 0 Å². The van der Waals surface area contributed by atoms with Crippen molar-refractivity contribution < 1.29 is 9.53 Å². The van der Waals surface area contributed by atoms with E-state index in [-0.39, 0.29) is 11.8 Å². The third-order valence-corrected chi connectivity index (χ3v) is 3.84. The van der Waals surface area contributed by atoms with E-state index < -0.39 is 0 Å². The molecule has 0 aliphatic heterocycles. The van der Waals surface area contributed by atoms with E-state index in [9.17, 15) is 4.79 Å². The molecule has 1 unspecified atom stereocenters. The number of carbonyl (C=O) groups excluding carboxylic acids is 1. The van der Waals surface area contributed by atoms with E-state index in [1.165, 1.54) is 5.56 Å². The van der Waals surface area contributed by atoms with Gasteiger partial charge in [0.05, 0.1) is 13.7 Å². The summed E-state index contributed by atoms with van der Waals surface area (Å²) in [5.41, 5.74) is 1.93. The average Bonchev–Trinajstić information content (AvgIpc) is 2.59. The zero-order valence-corrected chi connectivity index (χ0v) is 14.0. The molecule has 23 heavy (non-hydrogen) atoms. The predicted molar refractivity (Wildman–Crippen MR) is 93.1 cm³/mol. The Morgan fingerprint density at radius 3 is 2.30 bits per heavy atom. The van der Waals surface area contributed by atoms with Crippen LogP contribution in [0.5, 0.6) is 5.75 Å². The van der Waals surface area contributed by atoms with Crippen LogP contribution in [-0.4, -0.2) is 45.0 Å². The Labute approximate surface area is 138 Å². The lowest BCUT2D eigenvalue weighted by Gasteiger charge is -2.25. The first-order chi connectivity index (χ1) is 11.1. The second-order valence-electron chi connectivity index (χ2n) is 5.67. The highest BCUT2D eigenvalue weighted by Crippen LogP contribution is 2.16. The van der Waals surface area contributed by atoms with E-state index in [1.807, 2.05) is 32.3 Å². The highest BCUT2D eigenvalue weighted by molar-refractivity contribution is 5.97. The maximum Gasteiger partial charge on any atom is 0.176 e. The number of rotatable bonds is 8. The van der Waals surface area contributed by atoms with Crippen LogP contribution in [0.15, 0.2) is 54.6 Å². The molecule has 0 heterocycles. The van der Waals surface area contributed by atoms with Crippen LogP contribution in [0.2, 0.25) is 0 Å². The second kappa shape index (κ2) is 8.46. The summed E-state index contributed by atoms with van der Waals surface area (Å²) in [5, 5.41) is 3.27. The molecule has 0 aliphatic rings. The smallest absolute Gasteiger partial charge is 0.176 e. The van der Waals surface area contributed by atoms with Gasteiger partial charge in [-0.15, -0.1) is 0 Å². The summed E-state index contributed by atoms with van der Waals surface area (Å²) in [7, 11) is 5.71. The van der Waals surface area contributed by atoms with Gasteiger partial charge in [0, 0.05) is 18.2 Å². The molecule has 1 N–H and O–H groups in total. The normalized spacial score (nSPS) is 12.2. The van der Waals surface area contributed by atoms with E-state index in [2.05, 4.69) is 22.3 Å². The minimum absolute atomic E-state index is 0.0817. The summed E-state index contributed by atoms with van der Waals surface area (Å²) in [5.74, 6) is 0.837. The Hall–Kier alpha value is -2.17. The molecule has 0 fully saturated rings. The van der Waals surface area contributed by atoms with Crippen LogP contribution < -0.4 is 10.1 Å². The van der Waals surface area contributed by atoms with Crippen LogP contribution in [0.4, 0.5) is 0 Å². The number of ketones is 1. The van der Waals surface area contributed by atoms with Crippen molar-refractivity contribution in [1.82, 2.24) is 10.2 Å². The summed E-state index contributed by atoms with van der Waals surface area (Å²) in [6.07, 6.45) is 0.